The Morgan fingerprint density at radius 1 is 1.47 bits per heavy atom. The monoisotopic (exact) mass is 213 g/mol. The van der Waals surface area contributed by atoms with E-state index in [0.29, 0.717) is 6.07 Å². The Morgan fingerprint density at radius 3 is 2.47 bits per heavy atom. The number of nitriles is 1. The van der Waals surface area contributed by atoms with Gasteiger partial charge in [0.2, 0.25) is 0 Å². The average Bonchev–Trinajstić information content (AvgIpc) is 2.15. The van der Waals surface area contributed by atoms with Gasteiger partial charge in [0.1, 0.15) is 11.9 Å². The predicted octanol–water partition coefficient (Wildman–Crippen LogP) is 2.84. The highest BCUT2D eigenvalue weighted by molar-refractivity contribution is 5.98. The number of Topliss-reactive ketones (excluding diaryl/α,β-unsaturated/α-hetero) is 1. The van der Waals surface area contributed by atoms with Gasteiger partial charge in [-0.2, -0.15) is 5.26 Å². The molecule has 0 saturated heterocycles. The number of hydrogen-bond acceptors (Lipinski definition) is 2. The molecule has 5 heteroatoms. The van der Waals surface area contributed by atoms with Crippen LogP contribution in [-0.2, 0) is 0 Å². The maximum atomic E-state index is 12.8. The zero-order chi connectivity index (χ0) is 11.6. The summed E-state index contributed by atoms with van der Waals surface area (Å²) in [6.45, 7) is 1.06. The van der Waals surface area contributed by atoms with Crippen molar-refractivity contribution in [2.45, 2.75) is 13.3 Å². The Balaban J connectivity index is 3.56. The van der Waals surface area contributed by atoms with Crippen molar-refractivity contribution in [1.29, 1.82) is 5.26 Å². The molecule has 0 unspecified atom stereocenters. The van der Waals surface area contributed by atoms with Crippen molar-refractivity contribution >= 4 is 5.78 Å². The van der Waals surface area contributed by atoms with Gasteiger partial charge in [0.15, 0.2) is 5.78 Å². The lowest BCUT2D eigenvalue weighted by atomic mass is 9.98. The standard InChI is InChI=1S/C10H6F3NO/c1-5(15)9-6(4-14)2-7(11)3-8(9)10(12)13/h2-3,10H,1H3. The highest BCUT2D eigenvalue weighted by Crippen LogP contribution is 2.26. The van der Waals surface area contributed by atoms with E-state index >= 15 is 0 Å². The topological polar surface area (TPSA) is 40.9 Å². The number of alkyl halides is 2. The molecule has 78 valence electrons. The SMILES string of the molecule is CC(=O)c1c(C#N)cc(F)cc1C(F)F. The molecule has 0 spiro atoms. The van der Waals surface area contributed by atoms with E-state index in [1.54, 1.807) is 0 Å². The van der Waals surface area contributed by atoms with E-state index in [1.807, 2.05) is 0 Å². The van der Waals surface area contributed by atoms with Gasteiger partial charge in [-0.25, -0.2) is 13.2 Å². The fourth-order valence-corrected chi connectivity index (χ4v) is 1.28. The van der Waals surface area contributed by atoms with Crippen molar-refractivity contribution in [2.75, 3.05) is 0 Å². The van der Waals surface area contributed by atoms with Crippen molar-refractivity contribution in [2.24, 2.45) is 0 Å². The summed E-state index contributed by atoms with van der Waals surface area (Å²) in [4.78, 5) is 11.1. The zero-order valence-corrected chi connectivity index (χ0v) is 7.72. The molecule has 0 saturated carbocycles. The third kappa shape index (κ3) is 2.15. The molecule has 0 atom stereocenters. The van der Waals surface area contributed by atoms with Crippen LogP contribution in [0.15, 0.2) is 12.1 Å². The summed E-state index contributed by atoms with van der Waals surface area (Å²) in [5.41, 5.74) is -1.51. The van der Waals surface area contributed by atoms with Gasteiger partial charge in [-0.1, -0.05) is 0 Å². The molecule has 0 fully saturated rings. The molecule has 0 bridgehead atoms. The van der Waals surface area contributed by atoms with Crippen molar-refractivity contribution in [3.05, 3.63) is 34.6 Å². The van der Waals surface area contributed by atoms with Crippen LogP contribution in [0.4, 0.5) is 13.2 Å². The number of hydrogen-bond donors (Lipinski definition) is 0. The van der Waals surface area contributed by atoms with E-state index < -0.39 is 29.2 Å². The van der Waals surface area contributed by atoms with Crippen molar-refractivity contribution in [1.82, 2.24) is 0 Å². The molecule has 1 rings (SSSR count). The molecule has 0 heterocycles. The molecule has 0 radical (unpaired) electrons. The van der Waals surface area contributed by atoms with Gasteiger partial charge in [0.05, 0.1) is 5.56 Å². The highest BCUT2D eigenvalue weighted by atomic mass is 19.3. The number of rotatable bonds is 2. The lowest BCUT2D eigenvalue weighted by Crippen LogP contribution is -2.05. The Hall–Kier alpha value is -1.83. The van der Waals surface area contributed by atoms with Crippen LogP contribution in [0.1, 0.15) is 34.8 Å². The molecule has 15 heavy (non-hydrogen) atoms. The molecular formula is C10H6F3NO. The van der Waals surface area contributed by atoms with Crippen LogP contribution in [0, 0.1) is 17.1 Å². The van der Waals surface area contributed by atoms with Gasteiger partial charge in [-0.3, -0.25) is 4.79 Å². The molecule has 0 aliphatic heterocycles. The molecular weight excluding hydrogens is 207 g/mol. The van der Waals surface area contributed by atoms with Crippen molar-refractivity contribution in [3.8, 4) is 6.07 Å². The number of carbonyl (C=O) groups is 1. The molecule has 0 aromatic heterocycles. The van der Waals surface area contributed by atoms with E-state index in [1.165, 1.54) is 6.07 Å². The first-order chi connectivity index (χ1) is 6.97. The average molecular weight is 213 g/mol. The van der Waals surface area contributed by atoms with E-state index in [-0.39, 0.29) is 5.56 Å². The smallest absolute Gasteiger partial charge is 0.264 e. The third-order valence-electron chi connectivity index (χ3n) is 1.84. The fourth-order valence-electron chi connectivity index (χ4n) is 1.28. The molecule has 2 nitrogen and oxygen atoms in total. The molecule has 1 aromatic rings. The summed E-state index contributed by atoms with van der Waals surface area (Å²) < 4.78 is 37.7. The van der Waals surface area contributed by atoms with Crippen LogP contribution < -0.4 is 0 Å². The second kappa shape index (κ2) is 4.13. The van der Waals surface area contributed by atoms with Gasteiger partial charge < -0.3 is 0 Å². The first-order valence-corrected chi connectivity index (χ1v) is 4.00. The maximum Gasteiger partial charge on any atom is 0.264 e. The van der Waals surface area contributed by atoms with E-state index in [0.717, 1.165) is 13.0 Å². The normalized spacial score (nSPS) is 10.1. The quantitative estimate of drug-likeness (QED) is 0.708. The summed E-state index contributed by atoms with van der Waals surface area (Å²) in [7, 11) is 0. The highest BCUT2D eigenvalue weighted by Gasteiger charge is 2.21. The van der Waals surface area contributed by atoms with Crippen LogP contribution in [0.5, 0.6) is 0 Å². The first-order valence-electron chi connectivity index (χ1n) is 4.00. The Labute approximate surface area is 83.9 Å². The third-order valence-corrected chi connectivity index (χ3v) is 1.84. The number of benzene rings is 1. The molecule has 0 amide bonds. The number of nitrogens with zero attached hydrogens (tertiary/aromatic N) is 1. The summed E-state index contributed by atoms with van der Waals surface area (Å²) in [5, 5.41) is 8.58. The van der Waals surface area contributed by atoms with Gasteiger partial charge in [0, 0.05) is 11.1 Å². The molecule has 0 aliphatic carbocycles. The predicted molar refractivity (Wildman–Crippen MR) is 46.1 cm³/mol. The Bertz CT molecular complexity index is 449. The summed E-state index contributed by atoms with van der Waals surface area (Å²) in [5.74, 6) is -1.63. The maximum absolute atomic E-state index is 12.8. The minimum atomic E-state index is -2.98. The summed E-state index contributed by atoms with van der Waals surface area (Å²) >= 11 is 0. The molecule has 1 aromatic carbocycles. The van der Waals surface area contributed by atoms with Crippen LogP contribution in [0.3, 0.4) is 0 Å². The van der Waals surface area contributed by atoms with Crippen molar-refractivity contribution in [3.63, 3.8) is 0 Å². The van der Waals surface area contributed by atoms with Gasteiger partial charge >= 0.3 is 0 Å². The van der Waals surface area contributed by atoms with Gasteiger partial charge in [-0.05, 0) is 19.1 Å². The Morgan fingerprint density at radius 2 is 2.07 bits per heavy atom. The minimum absolute atomic E-state index is 0.363. The van der Waals surface area contributed by atoms with Crippen LogP contribution in [0.2, 0.25) is 0 Å². The van der Waals surface area contributed by atoms with E-state index in [2.05, 4.69) is 0 Å². The largest absolute Gasteiger partial charge is 0.294 e. The summed E-state index contributed by atoms with van der Waals surface area (Å²) in [6, 6.07) is 2.86. The first kappa shape index (κ1) is 11.2. The van der Waals surface area contributed by atoms with Crippen LogP contribution in [-0.4, -0.2) is 5.78 Å². The fraction of sp³-hybridized carbons (Fsp3) is 0.200. The van der Waals surface area contributed by atoms with E-state index in [4.69, 9.17) is 5.26 Å². The second-order valence-electron chi connectivity index (χ2n) is 2.89. The summed E-state index contributed by atoms with van der Waals surface area (Å²) in [6.07, 6.45) is -2.98. The lowest BCUT2D eigenvalue weighted by Gasteiger charge is -2.07. The van der Waals surface area contributed by atoms with Gasteiger partial charge in [0.25, 0.3) is 6.43 Å². The number of ketones is 1. The zero-order valence-electron chi connectivity index (χ0n) is 7.72. The number of carbonyl (C=O) groups excluding carboxylic acids is 1. The lowest BCUT2D eigenvalue weighted by molar-refractivity contribution is 0.0998. The van der Waals surface area contributed by atoms with Crippen molar-refractivity contribution < 1.29 is 18.0 Å². The van der Waals surface area contributed by atoms with Crippen LogP contribution >= 0.6 is 0 Å². The van der Waals surface area contributed by atoms with Crippen LogP contribution in [0.25, 0.3) is 0 Å². The second-order valence-corrected chi connectivity index (χ2v) is 2.89. The number of halogens is 3. The minimum Gasteiger partial charge on any atom is -0.294 e. The molecule has 0 aliphatic rings. The van der Waals surface area contributed by atoms with E-state index in [9.17, 15) is 18.0 Å². The molecule has 0 N–H and O–H groups in total. The Kier molecular flexibility index (Phi) is 3.10. The van der Waals surface area contributed by atoms with Gasteiger partial charge in [-0.15, -0.1) is 0 Å².